The van der Waals surface area contributed by atoms with Gasteiger partial charge in [-0.2, -0.15) is 0 Å². The molecule has 0 saturated carbocycles. The Labute approximate surface area is 93.9 Å². The quantitative estimate of drug-likeness (QED) is 0.708. The summed E-state index contributed by atoms with van der Waals surface area (Å²) in [7, 11) is 0. The summed E-state index contributed by atoms with van der Waals surface area (Å²) in [4.78, 5) is 10.8. The molecule has 4 nitrogen and oxygen atoms in total. The van der Waals surface area contributed by atoms with E-state index in [-0.39, 0.29) is 17.7 Å². The average Bonchev–Trinajstić information content (AvgIpc) is 2.30. The number of phenolic OH excluding ortho intramolecular Hbond substituents is 1. The number of hydrogen-bond donors (Lipinski definition) is 3. The zero-order chi connectivity index (χ0) is 11.5. The fourth-order valence-electron chi connectivity index (χ4n) is 2.11. The van der Waals surface area contributed by atoms with Crippen LogP contribution in [-0.4, -0.2) is 22.7 Å². The maximum atomic E-state index is 10.8. The Morgan fingerprint density at radius 3 is 2.62 bits per heavy atom. The third-order valence-corrected chi connectivity index (χ3v) is 3.08. The molecule has 2 atom stereocenters. The van der Waals surface area contributed by atoms with Crippen molar-refractivity contribution in [2.24, 2.45) is 5.92 Å². The minimum atomic E-state index is -0.747. The minimum Gasteiger partial charge on any atom is -0.508 e. The van der Waals surface area contributed by atoms with Gasteiger partial charge in [0, 0.05) is 18.2 Å². The first kappa shape index (κ1) is 11.0. The lowest BCUT2D eigenvalue weighted by Crippen LogP contribution is -2.36. The Morgan fingerprint density at radius 2 is 2.06 bits per heavy atom. The number of benzene rings is 1. The number of carboxylic acids is 1. The van der Waals surface area contributed by atoms with Crippen LogP contribution in [0.4, 0.5) is 0 Å². The molecule has 0 spiro atoms. The monoisotopic (exact) mass is 221 g/mol. The van der Waals surface area contributed by atoms with Crippen LogP contribution >= 0.6 is 0 Å². The predicted molar refractivity (Wildman–Crippen MR) is 59.2 cm³/mol. The Kier molecular flexibility index (Phi) is 3.10. The Balaban J connectivity index is 2.05. The van der Waals surface area contributed by atoms with E-state index >= 15 is 0 Å². The molecule has 2 unspecified atom stereocenters. The number of rotatable bonds is 2. The summed E-state index contributed by atoms with van der Waals surface area (Å²) < 4.78 is 0. The number of phenols is 1. The summed E-state index contributed by atoms with van der Waals surface area (Å²) in [5, 5.41) is 21.7. The highest BCUT2D eigenvalue weighted by molar-refractivity contribution is 5.70. The van der Waals surface area contributed by atoms with Gasteiger partial charge in [0.1, 0.15) is 5.75 Å². The van der Waals surface area contributed by atoms with Crippen molar-refractivity contribution < 1.29 is 15.0 Å². The molecule has 1 fully saturated rings. The number of aromatic hydroxyl groups is 1. The third-order valence-electron chi connectivity index (χ3n) is 3.08. The number of hydrogen-bond acceptors (Lipinski definition) is 3. The van der Waals surface area contributed by atoms with E-state index in [1.165, 1.54) is 0 Å². The molecule has 1 aromatic carbocycles. The molecule has 16 heavy (non-hydrogen) atoms. The third kappa shape index (κ3) is 2.17. The van der Waals surface area contributed by atoms with Gasteiger partial charge in [-0.05, 0) is 18.9 Å². The highest BCUT2D eigenvalue weighted by Gasteiger charge is 2.27. The smallest absolute Gasteiger partial charge is 0.307 e. The molecular formula is C12H15NO3. The summed E-state index contributed by atoms with van der Waals surface area (Å²) in [5.41, 5.74) is 0.853. The molecule has 86 valence electrons. The number of aliphatic carboxylic acids is 1. The molecule has 0 radical (unpaired) electrons. The van der Waals surface area contributed by atoms with Crippen LogP contribution in [0.2, 0.25) is 0 Å². The second-order valence-electron chi connectivity index (χ2n) is 4.13. The van der Waals surface area contributed by atoms with Crippen molar-refractivity contribution in [1.29, 1.82) is 0 Å². The van der Waals surface area contributed by atoms with Crippen LogP contribution in [0.15, 0.2) is 24.3 Å². The van der Waals surface area contributed by atoms with E-state index in [9.17, 15) is 9.90 Å². The van der Waals surface area contributed by atoms with Crippen molar-refractivity contribution in [1.82, 2.24) is 5.32 Å². The molecule has 2 rings (SSSR count). The maximum absolute atomic E-state index is 10.8. The summed E-state index contributed by atoms with van der Waals surface area (Å²) in [6.45, 7) is 0.467. The molecule has 0 aliphatic carbocycles. The van der Waals surface area contributed by atoms with Gasteiger partial charge in [0.15, 0.2) is 0 Å². The van der Waals surface area contributed by atoms with Gasteiger partial charge in [0.25, 0.3) is 0 Å². The fraction of sp³-hybridized carbons (Fsp3) is 0.417. The van der Waals surface area contributed by atoms with Gasteiger partial charge in [-0.3, -0.25) is 4.79 Å². The lowest BCUT2D eigenvalue weighted by atomic mass is 9.91. The highest BCUT2D eigenvalue weighted by atomic mass is 16.4. The van der Waals surface area contributed by atoms with E-state index in [4.69, 9.17) is 5.11 Å². The number of carboxylic acid groups (broad SMARTS) is 1. The SMILES string of the molecule is O=C(O)C1CCC(c2ccccc2O)NC1. The average molecular weight is 221 g/mol. The fourth-order valence-corrected chi connectivity index (χ4v) is 2.11. The predicted octanol–water partition coefficient (Wildman–Crippen LogP) is 1.52. The van der Waals surface area contributed by atoms with Gasteiger partial charge in [-0.1, -0.05) is 18.2 Å². The Morgan fingerprint density at radius 1 is 1.31 bits per heavy atom. The topological polar surface area (TPSA) is 69.6 Å². The first-order valence-electron chi connectivity index (χ1n) is 5.42. The lowest BCUT2D eigenvalue weighted by molar-refractivity contribution is -0.142. The number of carbonyl (C=O) groups is 1. The van der Waals surface area contributed by atoms with E-state index < -0.39 is 5.97 Å². The lowest BCUT2D eigenvalue weighted by Gasteiger charge is -2.28. The van der Waals surface area contributed by atoms with Crippen LogP contribution in [0.3, 0.4) is 0 Å². The van der Waals surface area contributed by atoms with E-state index in [0.29, 0.717) is 13.0 Å². The molecule has 1 aromatic rings. The zero-order valence-corrected chi connectivity index (χ0v) is 8.89. The van der Waals surface area contributed by atoms with Gasteiger partial charge < -0.3 is 15.5 Å². The van der Waals surface area contributed by atoms with Crippen molar-refractivity contribution in [2.45, 2.75) is 18.9 Å². The van der Waals surface area contributed by atoms with Crippen molar-refractivity contribution in [2.75, 3.05) is 6.54 Å². The molecule has 4 heteroatoms. The Hall–Kier alpha value is -1.55. The highest BCUT2D eigenvalue weighted by Crippen LogP contribution is 2.30. The van der Waals surface area contributed by atoms with E-state index in [0.717, 1.165) is 12.0 Å². The number of nitrogens with one attached hydrogen (secondary N) is 1. The first-order chi connectivity index (χ1) is 7.68. The second kappa shape index (κ2) is 4.53. The summed E-state index contributed by atoms with van der Waals surface area (Å²) >= 11 is 0. The normalized spacial score (nSPS) is 25.2. The number of para-hydroxylation sites is 1. The summed E-state index contributed by atoms with van der Waals surface area (Å²) in [6.07, 6.45) is 1.40. The maximum Gasteiger partial charge on any atom is 0.307 e. The molecule has 0 amide bonds. The van der Waals surface area contributed by atoms with Crippen LogP contribution in [0, 0.1) is 5.92 Å². The minimum absolute atomic E-state index is 0.0665. The second-order valence-corrected chi connectivity index (χ2v) is 4.13. The van der Waals surface area contributed by atoms with Gasteiger partial charge >= 0.3 is 5.97 Å². The van der Waals surface area contributed by atoms with Crippen molar-refractivity contribution in [3.8, 4) is 5.75 Å². The van der Waals surface area contributed by atoms with Gasteiger partial charge in [0.05, 0.1) is 5.92 Å². The van der Waals surface area contributed by atoms with Crippen LogP contribution < -0.4 is 5.32 Å². The summed E-state index contributed by atoms with van der Waals surface area (Å²) in [5.74, 6) is -0.779. The molecule has 1 aliphatic rings. The Bertz CT molecular complexity index is 384. The molecule has 1 saturated heterocycles. The van der Waals surface area contributed by atoms with Crippen LogP contribution in [0.5, 0.6) is 5.75 Å². The van der Waals surface area contributed by atoms with Crippen molar-refractivity contribution in [3.05, 3.63) is 29.8 Å². The summed E-state index contributed by atoms with van der Waals surface area (Å²) in [6, 6.07) is 7.24. The van der Waals surface area contributed by atoms with E-state index in [2.05, 4.69) is 5.32 Å². The zero-order valence-electron chi connectivity index (χ0n) is 8.89. The molecule has 1 aliphatic heterocycles. The molecule has 0 bridgehead atoms. The van der Waals surface area contributed by atoms with Crippen LogP contribution in [0.1, 0.15) is 24.4 Å². The van der Waals surface area contributed by atoms with Crippen molar-refractivity contribution >= 4 is 5.97 Å². The first-order valence-corrected chi connectivity index (χ1v) is 5.42. The van der Waals surface area contributed by atoms with Gasteiger partial charge in [0.2, 0.25) is 0 Å². The largest absolute Gasteiger partial charge is 0.508 e. The van der Waals surface area contributed by atoms with Crippen LogP contribution in [0.25, 0.3) is 0 Å². The van der Waals surface area contributed by atoms with Gasteiger partial charge in [-0.25, -0.2) is 0 Å². The number of piperidine rings is 1. The molecule has 1 heterocycles. The standard InChI is InChI=1S/C12H15NO3/c14-11-4-2-1-3-9(11)10-6-5-8(7-13-10)12(15)16/h1-4,8,10,13-14H,5-7H2,(H,15,16). The molecule has 0 aromatic heterocycles. The van der Waals surface area contributed by atoms with Gasteiger partial charge in [-0.15, -0.1) is 0 Å². The van der Waals surface area contributed by atoms with E-state index in [1.807, 2.05) is 12.1 Å². The van der Waals surface area contributed by atoms with Crippen LogP contribution in [-0.2, 0) is 4.79 Å². The van der Waals surface area contributed by atoms with E-state index in [1.54, 1.807) is 12.1 Å². The molecule has 3 N–H and O–H groups in total. The molecular weight excluding hydrogens is 206 g/mol. The van der Waals surface area contributed by atoms with Crippen molar-refractivity contribution in [3.63, 3.8) is 0 Å².